The lowest BCUT2D eigenvalue weighted by Crippen LogP contribution is -2.34. The van der Waals surface area contributed by atoms with Gasteiger partial charge in [0.1, 0.15) is 5.60 Å². The molecule has 6 heteroatoms. The molecule has 24 heavy (non-hydrogen) atoms. The van der Waals surface area contributed by atoms with Gasteiger partial charge in [-0.3, -0.25) is 4.90 Å². The van der Waals surface area contributed by atoms with Crippen LogP contribution in [0.3, 0.4) is 0 Å². The van der Waals surface area contributed by atoms with Gasteiger partial charge in [0.2, 0.25) is 0 Å². The Morgan fingerprint density at radius 3 is 2.67 bits per heavy atom. The van der Waals surface area contributed by atoms with Gasteiger partial charge in [0, 0.05) is 42.6 Å². The average Bonchev–Trinajstić information content (AvgIpc) is 3.00. The zero-order valence-electron chi connectivity index (χ0n) is 14.3. The number of aromatic nitrogens is 1. The highest BCUT2D eigenvalue weighted by Crippen LogP contribution is 2.22. The highest BCUT2D eigenvalue weighted by Gasteiger charge is 2.20. The van der Waals surface area contributed by atoms with Crippen molar-refractivity contribution in [3.63, 3.8) is 0 Å². The average molecular weight is 343 g/mol. The number of hydrogen-bond acceptors (Lipinski definition) is 5. The number of anilines is 2. The lowest BCUT2D eigenvalue weighted by atomic mass is 10.2. The van der Waals surface area contributed by atoms with Crippen LogP contribution in [-0.4, -0.2) is 29.7 Å². The van der Waals surface area contributed by atoms with Gasteiger partial charge in [0.25, 0.3) is 0 Å². The molecule has 0 radical (unpaired) electrons. The fraction of sp³-hybridized carbons (Fsp3) is 0.333. The second-order valence-corrected chi connectivity index (χ2v) is 7.52. The molecule has 0 saturated heterocycles. The number of amides is 1. The molecule has 0 fully saturated rings. The maximum atomic E-state index is 12.1. The quantitative estimate of drug-likeness (QED) is 0.841. The Labute approximate surface area is 145 Å². The first-order valence-electron chi connectivity index (χ1n) is 7.80. The smallest absolute Gasteiger partial charge is 0.414 e. The van der Waals surface area contributed by atoms with Crippen LogP contribution >= 0.6 is 11.5 Å². The third kappa shape index (κ3) is 3.59. The largest absolute Gasteiger partial charge is 0.443 e. The van der Waals surface area contributed by atoms with E-state index in [2.05, 4.69) is 21.5 Å². The standard InChI is InChI=1S/C18H21N3O2S/c1-18(2,3)23-17(22)20(4)14-5-7-15(8-6-14)21-10-9-16-13(12-21)11-19-24-16/h5-9,11-12H,10H2,1-4H3. The minimum Gasteiger partial charge on any atom is -0.443 e. The van der Waals surface area contributed by atoms with E-state index in [1.54, 1.807) is 7.05 Å². The molecule has 0 spiro atoms. The van der Waals surface area contributed by atoms with E-state index in [0.29, 0.717) is 0 Å². The van der Waals surface area contributed by atoms with E-state index in [1.165, 1.54) is 21.0 Å². The zero-order chi connectivity index (χ0) is 17.3. The number of rotatable bonds is 2. The number of carbonyl (C=O) groups is 1. The van der Waals surface area contributed by atoms with Gasteiger partial charge in [-0.05, 0) is 62.6 Å². The molecule has 0 bridgehead atoms. The summed E-state index contributed by atoms with van der Waals surface area (Å²) < 4.78 is 10.8. The maximum absolute atomic E-state index is 12.1. The van der Waals surface area contributed by atoms with Crippen LogP contribution < -0.4 is 19.6 Å². The van der Waals surface area contributed by atoms with Crippen LogP contribution in [0.15, 0.2) is 30.5 Å². The number of fused-ring (bicyclic) bond motifs is 1. The number of ether oxygens (including phenoxy) is 1. The SMILES string of the molecule is CN(C(=O)OC(C)(C)C)c1ccc(N2C=c3cnsc3=CC2)cc1. The molecule has 3 rings (SSSR count). The minimum atomic E-state index is -0.504. The van der Waals surface area contributed by atoms with Crippen molar-refractivity contribution >= 4 is 41.3 Å². The first kappa shape index (κ1) is 16.5. The Bertz CT molecular complexity index is 850. The highest BCUT2D eigenvalue weighted by molar-refractivity contribution is 7.03. The summed E-state index contributed by atoms with van der Waals surface area (Å²) in [6.45, 7) is 6.39. The summed E-state index contributed by atoms with van der Waals surface area (Å²) >= 11 is 1.52. The third-order valence-corrected chi connectivity index (χ3v) is 4.44. The lowest BCUT2D eigenvalue weighted by Gasteiger charge is -2.25. The van der Waals surface area contributed by atoms with Gasteiger partial charge in [0.15, 0.2) is 0 Å². The van der Waals surface area contributed by atoms with Gasteiger partial charge in [0.05, 0.1) is 4.53 Å². The second-order valence-electron chi connectivity index (χ2n) is 6.69. The Balaban J connectivity index is 1.75. The number of benzene rings is 1. The Kier molecular flexibility index (Phi) is 4.32. The van der Waals surface area contributed by atoms with E-state index < -0.39 is 5.60 Å². The topological polar surface area (TPSA) is 45.7 Å². The molecule has 1 aromatic heterocycles. The lowest BCUT2D eigenvalue weighted by molar-refractivity contribution is 0.0589. The number of nitrogens with zero attached hydrogens (tertiary/aromatic N) is 3. The predicted molar refractivity (Wildman–Crippen MR) is 98.7 cm³/mol. The van der Waals surface area contributed by atoms with Crippen molar-refractivity contribution in [1.29, 1.82) is 0 Å². The zero-order valence-corrected chi connectivity index (χ0v) is 15.1. The van der Waals surface area contributed by atoms with Gasteiger partial charge in [-0.15, -0.1) is 0 Å². The van der Waals surface area contributed by atoms with Crippen molar-refractivity contribution in [3.8, 4) is 0 Å². The normalized spacial score (nSPS) is 13.6. The summed E-state index contributed by atoms with van der Waals surface area (Å²) in [7, 11) is 1.72. The second kappa shape index (κ2) is 6.28. The van der Waals surface area contributed by atoms with E-state index in [-0.39, 0.29) is 6.09 Å². The maximum Gasteiger partial charge on any atom is 0.414 e. The predicted octanol–water partition coefficient (Wildman–Crippen LogP) is 2.55. The summed E-state index contributed by atoms with van der Waals surface area (Å²) in [6, 6.07) is 7.86. The Morgan fingerprint density at radius 2 is 2.00 bits per heavy atom. The van der Waals surface area contributed by atoms with Crippen LogP contribution in [0.4, 0.5) is 16.2 Å². The molecule has 2 aromatic rings. The van der Waals surface area contributed by atoms with Gasteiger partial charge >= 0.3 is 6.09 Å². The minimum absolute atomic E-state index is 0.359. The van der Waals surface area contributed by atoms with Crippen molar-refractivity contribution in [2.45, 2.75) is 26.4 Å². The summed E-state index contributed by atoms with van der Waals surface area (Å²) in [5.74, 6) is 0. The molecule has 1 aromatic carbocycles. The first-order valence-corrected chi connectivity index (χ1v) is 8.57. The molecule has 2 heterocycles. The van der Waals surface area contributed by atoms with Crippen molar-refractivity contribution in [2.75, 3.05) is 23.4 Å². The Morgan fingerprint density at radius 1 is 1.29 bits per heavy atom. The third-order valence-electron chi connectivity index (χ3n) is 3.63. The van der Waals surface area contributed by atoms with Crippen molar-refractivity contribution in [3.05, 3.63) is 40.2 Å². The number of carbonyl (C=O) groups excluding carboxylic acids is 1. The Hall–Kier alpha value is -2.34. The molecule has 0 N–H and O–H groups in total. The fourth-order valence-electron chi connectivity index (χ4n) is 2.39. The summed E-state index contributed by atoms with van der Waals surface area (Å²) in [5, 5.41) is 1.14. The molecule has 1 amide bonds. The monoisotopic (exact) mass is 343 g/mol. The molecular formula is C18H21N3O2S. The van der Waals surface area contributed by atoms with Gasteiger partial charge in [-0.1, -0.05) is 0 Å². The van der Waals surface area contributed by atoms with Crippen molar-refractivity contribution in [1.82, 2.24) is 4.37 Å². The molecule has 0 saturated carbocycles. The van der Waals surface area contributed by atoms with E-state index in [1.807, 2.05) is 51.2 Å². The van der Waals surface area contributed by atoms with Gasteiger partial charge < -0.3 is 9.64 Å². The van der Waals surface area contributed by atoms with Crippen molar-refractivity contribution in [2.24, 2.45) is 0 Å². The number of hydrogen-bond donors (Lipinski definition) is 0. The molecule has 5 nitrogen and oxygen atoms in total. The highest BCUT2D eigenvalue weighted by atomic mass is 32.1. The van der Waals surface area contributed by atoms with Crippen LogP contribution in [0.1, 0.15) is 20.8 Å². The van der Waals surface area contributed by atoms with Gasteiger partial charge in [-0.25, -0.2) is 4.79 Å². The molecule has 0 atom stereocenters. The fourth-order valence-corrected chi connectivity index (χ4v) is 3.03. The van der Waals surface area contributed by atoms with Crippen LogP contribution in [0.5, 0.6) is 0 Å². The van der Waals surface area contributed by atoms with Gasteiger partial charge in [-0.2, -0.15) is 4.37 Å². The van der Waals surface area contributed by atoms with Crippen LogP contribution in [-0.2, 0) is 4.74 Å². The molecule has 126 valence electrons. The van der Waals surface area contributed by atoms with E-state index >= 15 is 0 Å². The first-order chi connectivity index (χ1) is 11.3. The molecule has 0 unspecified atom stereocenters. The van der Waals surface area contributed by atoms with E-state index in [9.17, 15) is 4.79 Å². The summed E-state index contributed by atoms with van der Waals surface area (Å²) in [5.41, 5.74) is 1.37. The van der Waals surface area contributed by atoms with E-state index in [0.717, 1.165) is 23.1 Å². The molecule has 1 aliphatic heterocycles. The summed E-state index contributed by atoms with van der Waals surface area (Å²) in [4.78, 5) is 15.8. The summed E-state index contributed by atoms with van der Waals surface area (Å²) in [6.07, 6.45) is 5.80. The molecule has 1 aliphatic rings. The van der Waals surface area contributed by atoms with Crippen molar-refractivity contribution < 1.29 is 9.53 Å². The van der Waals surface area contributed by atoms with Crippen LogP contribution in [0.2, 0.25) is 0 Å². The van der Waals surface area contributed by atoms with Crippen LogP contribution in [0, 0.1) is 0 Å². The van der Waals surface area contributed by atoms with Crippen LogP contribution in [0.25, 0.3) is 12.3 Å². The molecule has 0 aliphatic carbocycles. The van der Waals surface area contributed by atoms with E-state index in [4.69, 9.17) is 4.74 Å². The molecular weight excluding hydrogens is 322 g/mol.